The maximum atomic E-state index is 13.6. The van der Waals surface area contributed by atoms with E-state index >= 15 is 0 Å². The van der Waals surface area contributed by atoms with Crippen molar-refractivity contribution < 1.29 is 33.8 Å². The van der Waals surface area contributed by atoms with E-state index in [4.69, 9.17) is 0 Å². The van der Waals surface area contributed by atoms with Crippen LogP contribution < -0.4 is 36.6 Å². The first kappa shape index (κ1) is 42.2. The largest absolute Gasteiger partial charge is 0.619 e. The molecular formula is C34H59N7O7. The summed E-state index contributed by atoms with van der Waals surface area (Å²) < 4.78 is 0.559. The fraction of sp³-hybridized carbons (Fsp3) is 0.706. The first-order valence-electron chi connectivity index (χ1n) is 17.2. The van der Waals surface area contributed by atoms with Gasteiger partial charge in [-0.2, -0.15) is 4.73 Å². The minimum Gasteiger partial charge on any atom is -0.619 e. The Kier molecular flexibility index (Phi) is 19.3. The van der Waals surface area contributed by atoms with Gasteiger partial charge in [0, 0.05) is 37.9 Å². The molecule has 0 radical (unpaired) electrons. The first-order chi connectivity index (χ1) is 22.7. The van der Waals surface area contributed by atoms with Gasteiger partial charge in [-0.3, -0.25) is 24.0 Å². The number of carbonyl (C=O) groups excluding carboxylic acids is 5. The Bertz CT molecular complexity index is 1160. The lowest BCUT2D eigenvalue weighted by Gasteiger charge is -2.29. The Morgan fingerprint density at radius 1 is 0.792 bits per heavy atom. The van der Waals surface area contributed by atoms with Crippen LogP contribution in [0.1, 0.15) is 97.9 Å². The van der Waals surface area contributed by atoms with Crippen LogP contribution in [0.3, 0.4) is 0 Å². The molecule has 48 heavy (non-hydrogen) atoms. The highest BCUT2D eigenvalue weighted by atomic mass is 16.5. The Hall–Kier alpha value is -3.78. The maximum absolute atomic E-state index is 13.6. The molecule has 0 saturated carbocycles. The number of carbonyl (C=O) groups is 5. The third-order valence-corrected chi connectivity index (χ3v) is 8.10. The van der Waals surface area contributed by atoms with Crippen molar-refractivity contribution in [3.8, 4) is 0 Å². The van der Waals surface area contributed by atoms with E-state index in [1.54, 1.807) is 6.92 Å². The molecule has 7 N–H and O–H groups in total. The van der Waals surface area contributed by atoms with Crippen molar-refractivity contribution in [2.24, 2.45) is 17.8 Å². The number of likely N-dealkylation sites (N-methyl/N-ethyl adjacent to an activating group) is 1. The highest BCUT2D eigenvalue weighted by molar-refractivity contribution is 5.98. The van der Waals surface area contributed by atoms with Crippen molar-refractivity contribution in [1.29, 1.82) is 0 Å². The Morgan fingerprint density at radius 3 is 1.94 bits per heavy atom. The predicted octanol–water partition coefficient (Wildman–Crippen LogP) is 0.898. The van der Waals surface area contributed by atoms with Gasteiger partial charge >= 0.3 is 0 Å². The van der Waals surface area contributed by atoms with Crippen molar-refractivity contribution in [2.45, 2.75) is 118 Å². The summed E-state index contributed by atoms with van der Waals surface area (Å²) >= 11 is 0. The van der Waals surface area contributed by atoms with Crippen molar-refractivity contribution >= 4 is 29.5 Å². The summed E-state index contributed by atoms with van der Waals surface area (Å²) in [6.45, 7) is 15.5. The third-order valence-electron chi connectivity index (χ3n) is 8.10. The highest BCUT2D eigenvalue weighted by Crippen LogP contribution is 2.12. The van der Waals surface area contributed by atoms with Crippen molar-refractivity contribution in [3.05, 3.63) is 35.3 Å². The summed E-state index contributed by atoms with van der Waals surface area (Å²) in [5, 5.41) is 38.4. The van der Waals surface area contributed by atoms with Crippen LogP contribution in [0, 0.1) is 23.0 Å². The smallest absolute Gasteiger partial charge is 0.252 e. The quantitative estimate of drug-likeness (QED) is 0.0692. The number of hydrogen-bond donors (Lipinski definition) is 7. The summed E-state index contributed by atoms with van der Waals surface area (Å²) in [7, 11) is 0. The molecule has 0 spiro atoms. The molecule has 1 rings (SSSR count). The normalized spacial score (nSPS) is 15.1. The number of aliphatic hydroxyl groups excluding tert-OH is 1. The average molecular weight is 678 g/mol. The molecule has 0 aromatic carbocycles. The molecule has 0 aliphatic carbocycles. The second-order valence-electron chi connectivity index (χ2n) is 13.1. The number of pyridine rings is 1. The lowest BCUT2D eigenvalue weighted by molar-refractivity contribution is -0.605. The standard InChI is InChI=1S/C34H59N7O7/c1-9-12-27(38-34(47)29(23(8)10-2)40-30(43)24-13-16-41(48)17-14-24)32(45)37-25(19-21(4)5)20-36-26(15-18-42)31(44)39-28(22(6)7)33(46)35-11-3/h13-14,16-17,21-23,25-29,36,42H,9-12,15,18-20H2,1-8H3,(H,35,46)(H,37,45)(H,38,47)(H,39,44)(H,40,43)/t23-,25-,26-,27-,28-,29-/m0/s1. The fourth-order valence-electron chi connectivity index (χ4n) is 5.19. The average Bonchev–Trinajstić information content (AvgIpc) is 3.03. The lowest BCUT2D eigenvalue weighted by Crippen LogP contribution is -2.58. The Balaban J connectivity index is 3.07. The predicted molar refractivity (Wildman–Crippen MR) is 183 cm³/mol. The summed E-state index contributed by atoms with van der Waals surface area (Å²) in [6, 6.07) is -1.04. The monoisotopic (exact) mass is 677 g/mol. The lowest BCUT2D eigenvalue weighted by atomic mass is 9.97. The van der Waals surface area contributed by atoms with Gasteiger partial charge in [0.1, 0.15) is 18.1 Å². The van der Waals surface area contributed by atoms with E-state index in [0.29, 0.717) is 37.0 Å². The second kappa shape index (κ2) is 22.0. The van der Waals surface area contributed by atoms with Gasteiger partial charge in [-0.15, -0.1) is 0 Å². The number of rotatable bonds is 22. The third kappa shape index (κ3) is 14.5. The topological polar surface area (TPSA) is 205 Å². The highest BCUT2D eigenvalue weighted by Gasteiger charge is 2.32. The van der Waals surface area contributed by atoms with Crippen LogP contribution in [0.2, 0.25) is 0 Å². The fourth-order valence-corrected chi connectivity index (χ4v) is 5.19. The molecule has 14 nitrogen and oxygen atoms in total. The SMILES string of the molecule is CCC[C@H](NC(=O)[C@@H](NC(=O)c1cc[n+]([O-])cc1)[C@@H](C)CC)C(=O)N[C@H](CN[C@@H](CCO)C(=O)N[C@H](C(=O)NCC)C(C)C)CC(C)C. The Morgan fingerprint density at radius 2 is 1.42 bits per heavy atom. The number of aliphatic hydroxyl groups is 1. The molecule has 272 valence electrons. The van der Waals surface area contributed by atoms with E-state index < -0.39 is 53.8 Å². The van der Waals surface area contributed by atoms with Gasteiger partial charge in [0.15, 0.2) is 12.4 Å². The molecule has 1 aromatic heterocycles. The molecule has 0 saturated heterocycles. The van der Waals surface area contributed by atoms with Gasteiger partial charge in [0.2, 0.25) is 23.6 Å². The first-order valence-corrected chi connectivity index (χ1v) is 17.2. The molecule has 0 fully saturated rings. The number of hydrogen-bond acceptors (Lipinski definition) is 8. The molecule has 1 aromatic rings. The zero-order valence-corrected chi connectivity index (χ0v) is 29.9. The molecular weight excluding hydrogens is 618 g/mol. The zero-order chi connectivity index (χ0) is 36.4. The zero-order valence-electron chi connectivity index (χ0n) is 29.9. The van der Waals surface area contributed by atoms with Crippen molar-refractivity contribution in [1.82, 2.24) is 31.9 Å². The molecule has 0 bridgehead atoms. The van der Waals surface area contributed by atoms with E-state index in [0.717, 1.165) is 0 Å². The number of aromatic nitrogens is 1. The number of nitrogens with one attached hydrogen (secondary N) is 6. The second-order valence-corrected chi connectivity index (χ2v) is 13.1. The van der Waals surface area contributed by atoms with Crippen LogP contribution in [0.4, 0.5) is 0 Å². The molecule has 5 amide bonds. The van der Waals surface area contributed by atoms with Crippen LogP contribution in [-0.4, -0.2) is 84.5 Å². The molecule has 0 unspecified atom stereocenters. The van der Waals surface area contributed by atoms with Crippen LogP contribution in [0.25, 0.3) is 0 Å². The molecule has 1 heterocycles. The van der Waals surface area contributed by atoms with Gasteiger partial charge in [-0.05, 0) is 43.9 Å². The molecule has 6 atom stereocenters. The summed E-state index contributed by atoms with van der Waals surface area (Å²) in [4.78, 5) is 65.8. The van der Waals surface area contributed by atoms with Crippen molar-refractivity contribution in [3.63, 3.8) is 0 Å². The van der Waals surface area contributed by atoms with E-state index in [9.17, 15) is 34.3 Å². The van der Waals surface area contributed by atoms with E-state index in [2.05, 4.69) is 31.9 Å². The maximum Gasteiger partial charge on any atom is 0.252 e. The van der Waals surface area contributed by atoms with Crippen LogP contribution in [0.5, 0.6) is 0 Å². The molecule has 0 aliphatic rings. The van der Waals surface area contributed by atoms with Gasteiger partial charge in [0.05, 0.1) is 11.6 Å². The van der Waals surface area contributed by atoms with E-state index in [-0.39, 0.29) is 48.8 Å². The van der Waals surface area contributed by atoms with Gasteiger partial charge < -0.3 is 42.2 Å². The van der Waals surface area contributed by atoms with Gasteiger partial charge in [0.25, 0.3) is 5.91 Å². The number of nitrogens with zero attached hydrogens (tertiary/aromatic N) is 1. The summed E-state index contributed by atoms with van der Waals surface area (Å²) in [6.07, 6.45) is 4.61. The minimum absolute atomic E-state index is 0.103. The van der Waals surface area contributed by atoms with Crippen LogP contribution >= 0.6 is 0 Å². The van der Waals surface area contributed by atoms with Gasteiger partial charge in [-0.25, -0.2) is 0 Å². The Labute approximate surface area is 285 Å². The summed E-state index contributed by atoms with van der Waals surface area (Å²) in [5.74, 6) is -2.34. The van der Waals surface area contributed by atoms with Crippen LogP contribution in [0.15, 0.2) is 24.5 Å². The summed E-state index contributed by atoms with van der Waals surface area (Å²) in [5.41, 5.74) is 0.229. The molecule has 0 aliphatic heterocycles. The van der Waals surface area contributed by atoms with E-state index in [1.807, 2.05) is 48.5 Å². The minimum atomic E-state index is -0.922. The van der Waals surface area contributed by atoms with Gasteiger partial charge in [-0.1, -0.05) is 61.3 Å². The van der Waals surface area contributed by atoms with Crippen molar-refractivity contribution in [2.75, 3.05) is 19.7 Å². The number of amides is 5. The van der Waals surface area contributed by atoms with Crippen LogP contribution in [-0.2, 0) is 19.2 Å². The van der Waals surface area contributed by atoms with E-state index in [1.165, 1.54) is 24.5 Å². The molecule has 14 heteroatoms.